The molecule has 1 atom stereocenters. The Morgan fingerprint density at radius 2 is 1.95 bits per heavy atom. The maximum Gasteiger partial charge on any atom is 0.0363 e. The van der Waals surface area contributed by atoms with Crippen molar-refractivity contribution in [3.05, 3.63) is 30.1 Å². The fraction of sp³-hybridized carbons (Fsp3) is 0.722. The van der Waals surface area contributed by atoms with Crippen molar-refractivity contribution in [3.8, 4) is 0 Å². The van der Waals surface area contributed by atoms with Gasteiger partial charge in [0.15, 0.2) is 0 Å². The molecular formula is C18H30N2. The van der Waals surface area contributed by atoms with E-state index in [0.717, 1.165) is 18.4 Å². The molecule has 1 saturated carbocycles. The highest BCUT2D eigenvalue weighted by Crippen LogP contribution is 2.43. The van der Waals surface area contributed by atoms with Crippen molar-refractivity contribution in [2.75, 3.05) is 6.54 Å². The van der Waals surface area contributed by atoms with Gasteiger partial charge in [-0.2, -0.15) is 0 Å². The van der Waals surface area contributed by atoms with Crippen molar-refractivity contribution in [1.29, 1.82) is 0 Å². The van der Waals surface area contributed by atoms with E-state index in [1.54, 1.807) is 0 Å². The molecule has 0 aromatic carbocycles. The van der Waals surface area contributed by atoms with Crippen LogP contribution >= 0.6 is 0 Å². The Balaban J connectivity index is 2.02. The molecule has 0 bridgehead atoms. The van der Waals surface area contributed by atoms with Crippen LogP contribution in [0.1, 0.15) is 65.0 Å². The molecule has 20 heavy (non-hydrogen) atoms. The van der Waals surface area contributed by atoms with Crippen LogP contribution in [0.4, 0.5) is 0 Å². The molecule has 0 aliphatic heterocycles. The summed E-state index contributed by atoms with van der Waals surface area (Å²) in [6, 6.07) is 4.76. The van der Waals surface area contributed by atoms with Gasteiger partial charge in [-0.25, -0.2) is 0 Å². The fourth-order valence-electron chi connectivity index (χ4n) is 3.66. The Kier molecular flexibility index (Phi) is 5.20. The number of nitrogens with zero attached hydrogens (tertiary/aromatic N) is 1. The summed E-state index contributed by atoms with van der Waals surface area (Å²) in [5.74, 6) is 1.65. The van der Waals surface area contributed by atoms with Gasteiger partial charge in [-0.1, -0.05) is 33.8 Å². The van der Waals surface area contributed by atoms with Gasteiger partial charge in [0.1, 0.15) is 0 Å². The van der Waals surface area contributed by atoms with Crippen LogP contribution in [-0.4, -0.2) is 11.5 Å². The Bertz CT molecular complexity index is 386. The topological polar surface area (TPSA) is 24.9 Å². The van der Waals surface area contributed by atoms with E-state index in [2.05, 4.69) is 50.1 Å². The Morgan fingerprint density at radius 3 is 2.45 bits per heavy atom. The minimum atomic E-state index is 0.465. The zero-order chi connectivity index (χ0) is 14.6. The first-order valence-corrected chi connectivity index (χ1v) is 8.15. The van der Waals surface area contributed by atoms with E-state index in [9.17, 15) is 0 Å². The monoisotopic (exact) mass is 274 g/mol. The molecule has 1 N–H and O–H groups in total. The van der Waals surface area contributed by atoms with Gasteiger partial charge in [-0.15, -0.1) is 0 Å². The summed E-state index contributed by atoms with van der Waals surface area (Å²) in [6.07, 6.45) is 9.32. The highest BCUT2D eigenvalue weighted by atomic mass is 14.9. The zero-order valence-electron chi connectivity index (χ0n) is 13.5. The van der Waals surface area contributed by atoms with Crippen molar-refractivity contribution >= 4 is 0 Å². The van der Waals surface area contributed by atoms with E-state index in [4.69, 9.17) is 0 Å². The molecule has 0 spiro atoms. The molecule has 0 saturated heterocycles. The summed E-state index contributed by atoms with van der Waals surface area (Å²) >= 11 is 0. The lowest BCUT2D eigenvalue weighted by molar-refractivity contribution is 0.133. The summed E-state index contributed by atoms with van der Waals surface area (Å²) in [5, 5.41) is 3.68. The number of hydrogen-bond donors (Lipinski definition) is 1. The lowest BCUT2D eigenvalue weighted by Crippen LogP contribution is -2.33. The quantitative estimate of drug-likeness (QED) is 0.869. The summed E-state index contributed by atoms with van der Waals surface area (Å²) in [4.78, 5) is 4.30. The third kappa shape index (κ3) is 3.82. The van der Waals surface area contributed by atoms with E-state index in [0.29, 0.717) is 11.5 Å². The van der Waals surface area contributed by atoms with Gasteiger partial charge in [0.2, 0.25) is 0 Å². The number of pyridine rings is 1. The molecule has 1 aromatic heterocycles. The SMILES string of the molecule is CCNC(c1cccnc1)C1CCC(C(C)(C)C)CC1. The summed E-state index contributed by atoms with van der Waals surface area (Å²) < 4.78 is 0. The van der Waals surface area contributed by atoms with E-state index in [1.807, 2.05) is 12.4 Å². The van der Waals surface area contributed by atoms with Gasteiger partial charge < -0.3 is 5.32 Å². The first kappa shape index (κ1) is 15.5. The molecular weight excluding hydrogens is 244 g/mol. The molecule has 112 valence electrons. The molecule has 1 unspecified atom stereocenters. The van der Waals surface area contributed by atoms with Crippen LogP contribution in [0, 0.1) is 17.3 Å². The van der Waals surface area contributed by atoms with Gasteiger partial charge in [0, 0.05) is 18.4 Å². The minimum Gasteiger partial charge on any atom is -0.310 e. The van der Waals surface area contributed by atoms with Crippen molar-refractivity contribution in [2.24, 2.45) is 17.3 Å². The molecule has 0 amide bonds. The van der Waals surface area contributed by atoms with Crippen molar-refractivity contribution < 1.29 is 0 Å². The molecule has 2 rings (SSSR count). The highest BCUT2D eigenvalue weighted by molar-refractivity contribution is 5.15. The molecule has 2 heteroatoms. The molecule has 1 heterocycles. The van der Waals surface area contributed by atoms with Crippen LogP contribution in [-0.2, 0) is 0 Å². The van der Waals surface area contributed by atoms with Gasteiger partial charge in [0.25, 0.3) is 0 Å². The van der Waals surface area contributed by atoms with Gasteiger partial charge in [-0.05, 0) is 61.1 Å². The van der Waals surface area contributed by atoms with Crippen LogP contribution in [0.15, 0.2) is 24.5 Å². The van der Waals surface area contributed by atoms with Crippen LogP contribution in [0.25, 0.3) is 0 Å². The third-order valence-electron chi connectivity index (χ3n) is 4.94. The predicted molar refractivity (Wildman–Crippen MR) is 85.6 cm³/mol. The zero-order valence-corrected chi connectivity index (χ0v) is 13.5. The maximum absolute atomic E-state index is 4.30. The number of hydrogen-bond acceptors (Lipinski definition) is 2. The average Bonchev–Trinajstić information content (AvgIpc) is 2.45. The van der Waals surface area contributed by atoms with Crippen molar-refractivity contribution in [1.82, 2.24) is 10.3 Å². The number of nitrogens with one attached hydrogen (secondary N) is 1. The molecule has 1 aliphatic carbocycles. The van der Waals surface area contributed by atoms with Crippen LogP contribution < -0.4 is 5.32 Å². The smallest absolute Gasteiger partial charge is 0.0363 e. The number of aromatic nitrogens is 1. The van der Waals surface area contributed by atoms with Crippen molar-refractivity contribution in [2.45, 2.75) is 59.4 Å². The Labute approximate surface area is 124 Å². The maximum atomic E-state index is 4.30. The largest absolute Gasteiger partial charge is 0.310 e. The molecule has 1 aromatic rings. The lowest BCUT2D eigenvalue weighted by atomic mass is 9.68. The third-order valence-corrected chi connectivity index (χ3v) is 4.94. The lowest BCUT2D eigenvalue weighted by Gasteiger charge is -2.39. The Morgan fingerprint density at radius 1 is 1.25 bits per heavy atom. The van der Waals surface area contributed by atoms with E-state index >= 15 is 0 Å². The van der Waals surface area contributed by atoms with Crippen LogP contribution in [0.2, 0.25) is 0 Å². The van der Waals surface area contributed by atoms with Gasteiger partial charge in [0.05, 0.1) is 0 Å². The van der Waals surface area contributed by atoms with Crippen LogP contribution in [0.5, 0.6) is 0 Å². The standard InChI is InChI=1S/C18H30N2/c1-5-20-17(15-7-6-12-19-13-15)14-8-10-16(11-9-14)18(2,3)4/h6-7,12-14,16-17,20H,5,8-11H2,1-4H3. The molecule has 0 radical (unpaired) electrons. The molecule has 2 nitrogen and oxygen atoms in total. The summed E-state index contributed by atoms with van der Waals surface area (Å²) in [7, 11) is 0. The predicted octanol–water partition coefficient (Wildman–Crippen LogP) is 4.58. The highest BCUT2D eigenvalue weighted by Gasteiger charge is 2.33. The fourth-order valence-corrected chi connectivity index (χ4v) is 3.66. The van der Waals surface area contributed by atoms with E-state index in [-0.39, 0.29) is 0 Å². The van der Waals surface area contributed by atoms with E-state index < -0.39 is 0 Å². The summed E-state index contributed by atoms with van der Waals surface area (Å²) in [6.45, 7) is 10.4. The summed E-state index contributed by atoms with van der Waals surface area (Å²) in [5.41, 5.74) is 1.82. The molecule has 1 aliphatic rings. The number of rotatable bonds is 4. The second kappa shape index (κ2) is 6.71. The Hall–Kier alpha value is -0.890. The van der Waals surface area contributed by atoms with Crippen molar-refractivity contribution in [3.63, 3.8) is 0 Å². The average molecular weight is 274 g/mol. The second-order valence-corrected chi connectivity index (χ2v) is 7.30. The van der Waals surface area contributed by atoms with Gasteiger partial charge in [-0.3, -0.25) is 4.98 Å². The van der Waals surface area contributed by atoms with Gasteiger partial charge >= 0.3 is 0 Å². The van der Waals surface area contributed by atoms with E-state index in [1.165, 1.54) is 31.2 Å². The minimum absolute atomic E-state index is 0.465. The first-order chi connectivity index (χ1) is 9.52. The molecule has 1 fully saturated rings. The normalized spacial score (nSPS) is 25.4. The van der Waals surface area contributed by atoms with Crippen LogP contribution in [0.3, 0.4) is 0 Å². The second-order valence-electron chi connectivity index (χ2n) is 7.30. The first-order valence-electron chi connectivity index (χ1n) is 8.15.